The van der Waals surface area contributed by atoms with Gasteiger partial charge in [-0.1, -0.05) is 160 Å². The van der Waals surface area contributed by atoms with E-state index in [0.29, 0.717) is 0 Å². The summed E-state index contributed by atoms with van der Waals surface area (Å²) in [5.41, 5.74) is 14.4. The fourth-order valence-corrected chi connectivity index (χ4v) is 15.0. The van der Waals surface area contributed by atoms with Crippen molar-refractivity contribution in [2.75, 3.05) is 4.90 Å². The van der Waals surface area contributed by atoms with Crippen molar-refractivity contribution in [2.45, 2.75) is 26.2 Å². The second-order valence-corrected chi connectivity index (χ2v) is 23.2. The van der Waals surface area contributed by atoms with E-state index < -0.39 is 16.1 Å². The predicted octanol–water partition coefficient (Wildman–Crippen LogP) is 10.1. The van der Waals surface area contributed by atoms with Gasteiger partial charge < -0.3 is 4.90 Å². The normalized spacial score (nSPS) is 14.4. The number of hydrogen-bond acceptors (Lipinski definition) is 1. The molecule has 236 valence electrons. The average Bonchev–Trinajstić information content (AvgIpc) is 3.52. The highest BCUT2D eigenvalue weighted by atomic mass is 28.3. The van der Waals surface area contributed by atoms with Crippen LogP contribution in [-0.2, 0) is 0 Å². The maximum Gasteiger partial charge on any atom is 0.116 e. The quantitative estimate of drug-likeness (QED) is 0.166. The van der Waals surface area contributed by atoms with Crippen molar-refractivity contribution in [1.82, 2.24) is 0 Å². The van der Waals surface area contributed by atoms with E-state index in [0.717, 1.165) is 0 Å². The Balaban J connectivity index is 1.22. The van der Waals surface area contributed by atoms with Crippen LogP contribution in [0.25, 0.3) is 44.5 Å². The van der Waals surface area contributed by atoms with E-state index >= 15 is 0 Å². The molecular formula is C46H39NSi2. The van der Waals surface area contributed by atoms with E-state index in [-0.39, 0.29) is 0 Å². The highest BCUT2D eigenvalue weighted by Crippen LogP contribution is 2.41. The number of rotatable bonds is 5. The molecule has 0 amide bonds. The van der Waals surface area contributed by atoms with Crippen molar-refractivity contribution in [3.63, 3.8) is 0 Å². The van der Waals surface area contributed by atoms with Gasteiger partial charge in [0.25, 0.3) is 0 Å². The van der Waals surface area contributed by atoms with Crippen LogP contribution in [0, 0.1) is 0 Å². The highest BCUT2D eigenvalue weighted by molar-refractivity contribution is 7.05. The van der Waals surface area contributed by atoms with Gasteiger partial charge in [0.1, 0.15) is 16.1 Å². The maximum absolute atomic E-state index is 2.55. The molecule has 1 nitrogen and oxygen atoms in total. The lowest BCUT2D eigenvalue weighted by atomic mass is 10.00. The SMILES string of the molecule is C[Si]1(C)c2cc(-c3ccccc3)ccc2-c2ccc(N(c3ccc(-c4ccccc4)cc3)c3cccc4c3[Si](C)(C)c3ccccc3-4)cc21. The number of benzene rings is 7. The lowest BCUT2D eigenvalue weighted by Gasteiger charge is -2.32. The molecule has 2 heterocycles. The lowest BCUT2D eigenvalue weighted by molar-refractivity contribution is 1.30. The molecule has 0 radical (unpaired) electrons. The molecule has 0 saturated carbocycles. The molecule has 3 heteroatoms. The summed E-state index contributed by atoms with van der Waals surface area (Å²) in [6.07, 6.45) is 0. The van der Waals surface area contributed by atoms with Crippen LogP contribution in [0.3, 0.4) is 0 Å². The van der Waals surface area contributed by atoms with Crippen LogP contribution in [0.15, 0.2) is 164 Å². The molecule has 7 aromatic carbocycles. The van der Waals surface area contributed by atoms with Crippen molar-refractivity contribution in [3.8, 4) is 44.5 Å². The molecule has 0 fully saturated rings. The Morgan fingerprint density at radius 1 is 0.347 bits per heavy atom. The first-order valence-corrected chi connectivity index (χ1v) is 23.4. The first-order valence-electron chi connectivity index (χ1n) is 17.4. The standard InChI is InChI=1S/C46H39NSi2/c1-48(2)44-30-35(33-16-9-6-10-17-33)24-28-39(44)40-29-27-37(31-45(40)48)47(36-25-22-34(23-26-36)32-14-7-5-8-15-32)42-20-13-19-41-38-18-11-12-21-43(38)49(3,4)46(41)42/h5-31H,1-4H3. The molecule has 0 saturated heterocycles. The summed E-state index contributed by atoms with van der Waals surface area (Å²) in [5, 5.41) is 6.10. The van der Waals surface area contributed by atoms with Crippen molar-refractivity contribution in [2.24, 2.45) is 0 Å². The van der Waals surface area contributed by atoms with E-state index in [2.05, 4.69) is 195 Å². The number of nitrogens with zero attached hydrogens (tertiary/aromatic N) is 1. The van der Waals surface area contributed by atoms with Crippen LogP contribution in [0.4, 0.5) is 17.1 Å². The summed E-state index contributed by atoms with van der Waals surface area (Å²) in [4.78, 5) is 2.55. The third-order valence-electron chi connectivity index (χ3n) is 11.1. The largest absolute Gasteiger partial charge is 0.311 e. The number of anilines is 3. The number of hydrogen-bond donors (Lipinski definition) is 0. The second kappa shape index (κ2) is 11.2. The van der Waals surface area contributed by atoms with Gasteiger partial charge in [-0.2, -0.15) is 0 Å². The predicted molar refractivity (Wildman–Crippen MR) is 216 cm³/mol. The molecule has 0 bridgehead atoms. The van der Waals surface area contributed by atoms with Gasteiger partial charge in [0, 0.05) is 17.1 Å². The molecule has 0 atom stereocenters. The van der Waals surface area contributed by atoms with Gasteiger partial charge in [-0.3, -0.25) is 0 Å². The first kappa shape index (κ1) is 29.9. The van der Waals surface area contributed by atoms with Crippen LogP contribution < -0.4 is 25.6 Å². The summed E-state index contributed by atoms with van der Waals surface area (Å²) >= 11 is 0. The van der Waals surface area contributed by atoms with Crippen molar-refractivity contribution >= 4 is 54.0 Å². The van der Waals surface area contributed by atoms with Gasteiger partial charge >= 0.3 is 0 Å². The summed E-state index contributed by atoms with van der Waals surface area (Å²) in [7, 11) is -3.99. The summed E-state index contributed by atoms with van der Waals surface area (Å²) in [6, 6.07) is 61.2. The van der Waals surface area contributed by atoms with Crippen molar-refractivity contribution in [3.05, 3.63) is 164 Å². The van der Waals surface area contributed by atoms with E-state index in [1.807, 2.05) is 0 Å². The van der Waals surface area contributed by atoms with Gasteiger partial charge in [-0.05, 0) is 95.6 Å². The van der Waals surface area contributed by atoms with E-state index in [4.69, 9.17) is 0 Å². The fourth-order valence-electron chi connectivity index (χ4n) is 8.54. The molecule has 2 aliphatic heterocycles. The molecule has 7 aromatic rings. The zero-order valence-electron chi connectivity index (χ0n) is 28.5. The van der Waals surface area contributed by atoms with Gasteiger partial charge in [-0.15, -0.1) is 0 Å². The minimum atomic E-state index is -2.00. The van der Waals surface area contributed by atoms with Gasteiger partial charge in [0.2, 0.25) is 0 Å². The molecule has 2 aliphatic rings. The fraction of sp³-hybridized carbons (Fsp3) is 0.0870. The lowest BCUT2D eigenvalue weighted by Crippen LogP contribution is -2.51. The second-order valence-electron chi connectivity index (χ2n) is 14.6. The summed E-state index contributed by atoms with van der Waals surface area (Å²) in [6.45, 7) is 10.1. The summed E-state index contributed by atoms with van der Waals surface area (Å²) in [5.74, 6) is 0. The molecule has 0 N–H and O–H groups in total. The van der Waals surface area contributed by atoms with E-state index in [1.165, 1.54) is 82.3 Å². The van der Waals surface area contributed by atoms with Crippen LogP contribution in [0.2, 0.25) is 26.2 Å². The average molecular weight is 662 g/mol. The Labute approximate surface area is 292 Å². The molecule has 0 spiro atoms. The monoisotopic (exact) mass is 661 g/mol. The van der Waals surface area contributed by atoms with Crippen LogP contribution in [-0.4, -0.2) is 16.1 Å². The van der Waals surface area contributed by atoms with Crippen LogP contribution in [0.5, 0.6) is 0 Å². The van der Waals surface area contributed by atoms with Crippen molar-refractivity contribution < 1.29 is 0 Å². The van der Waals surface area contributed by atoms with Gasteiger partial charge in [-0.25, -0.2) is 0 Å². The van der Waals surface area contributed by atoms with Crippen LogP contribution in [0.1, 0.15) is 0 Å². The van der Waals surface area contributed by atoms with Crippen LogP contribution >= 0.6 is 0 Å². The molecule has 49 heavy (non-hydrogen) atoms. The molecule has 0 aromatic heterocycles. The maximum atomic E-state index is 2.55. The number of fused-ring (bicyclic) bond motifs is 6. The van der Waals surface area contributed by atoms with Gasteiger partial charge in [0.05, 0.1) is 0 Å². The van der Waals surface area contributed by atoms with Crippen molar-refractivity contribution in [1.29, 1.82) is 0 Å². The zero-order valence-corrected chi connectivity index (χ0v) is 30.5. The Morgan fingerprint density at radius 3 is 1.57 bits per heavy atom. The van der Waals surface area contributed by atoms with Gasteiger partial charge in [0.15, 0.2) is 0 Å². The molecular weight excluding hydrogens is 623 g/mol. The molecule has 9 rings (SSSR count). The van der Waals surface area contributed by atoms with E-state index in [9.17, 15) is 0 Å². The first-order chi connectivity index (χ1) is 23.8. The van der Waals surface area contributed by atoms with E-state index in [1.54, 1.807) is 0 Å². The Morgan fingerprint density at radius 2 is 0.857 bits per heavy atom. The minimum absolute atomic E-state index is 1.19. The third-order valence-corrected chi connectivity index (χ3v) is 18.1. The Hall–Kier alpha value is -5.23. The Kier molecular flexibility index (Phi) is 6.81. The summed E-state index contributed by atoms with van der Waals surface area (Å²) < 4.78 is 0. The highest BCUT2D eigenvalue weighted by Gasteiger charge is 2.41. The molecule has 0 aliphatic carbocycles. The topological polar surface area (TPSA) is 3.24 Å². The Bertz CT molecular complexity index is 2370. The minimum Gasteiger partial charge on any atom is -0.311 e. The third kappa shape index (κ3) is 4.64. The molecule has 0 unspecified atom stereocenters. The smallest absolute Gasteiger partial charge is 0.116 e. The zero-order chi connectivity index (χ0) is 33.3.